The van der Waals surface area contributed by atoms with Crippen LogP contribution in [0, 0.1) is 6.92 Å². The van der Waals surface area contributed by atoms with Gasteiger partial charge in [-0.1, -0.05) is 6.07 Å². The van der Waals surface area contributed by atoms with Crippen molar-refractivity contribution in [2.75, 3.05) is 0 Å². The molecule has 1 aromatic carbocycles. The molecule has 0 saturated carbocycles. The molecule has 0 N–H and O–H groups in total. The maximum Gasteiger partial charge on any atom is 0.416 e. The van der Waals surface area contributed by atoms with Crippen molar-refractivity contribution >= 4 is 22.8 Å². The molecule has 0 unspecified atom stereocenters. The van der Waals surface area contributed by atoms with Crippen LogP contribution in [0.25, 0.3) is 22.8 Å². The Morgan fingerprint density at radius 2 is 1.92 bits per heavy atom. The van der Waals surface area contributed by atoms with E-state index in [1.807, 2.05) is 24.6 Å². The molecule has 0 spiro atoms. The van der Waals surface area contributed by atoms with Crippen LogP contribution in [0.5, 0.6) is 0 Å². The summed E-state index contributed by atoms with van der Waals surface area (Å²) in [6.07, 6.45) is -2.01. The first-order valence-electron chi connectivity index (χ1n) is 7.41. The van der Waals surface area contributed by atoms with Crippen LogP contribution in [0.15, 0.2) is 24.3 Å². The van der Waals surface area contributed by atoms with Gasteiger partial charge in [0, 0.05) is 19.0 Å². The van der Waals surface area contributed by atoms with Crippen molar-refractivity contribution in [3.05, 3.63) is 52.5 Å². The number of allylic oxidation sites excluding steroid dienone is 1. The molecular formula is C17H13F3N4. The standard InChI is InChI=1S/C17H13F3N4/c1-9-5-14-16(23-22-9)24(2)15(21-14)12-6-10-3-4-13(17(18,19)20)8-11(10)7-12/h3-5,7-8H,6H2,1-2H3. The molecule has 4 nitrogen and oxygen atoms in total. The Balaban J connectivity index is 1.79. The predicted molar refractivity (Wildman–Crippen MR) is 84.1 cm³/mol. The minimum atomic E-state index is -4.34. The minimum Gasteiger partial charge on any atom is -0.311 e. The Kier molecular flexibility index (Phi) is 3.03. The molecule has 122 valence electrons. The summed E-state index contributed by atoms with van der Waals surface area (Å²) in [7, 11) is 1.83. The van der Waals surface area contributed by atoms with E-state index in [9.17, 15) is 13.2 Å². The van der Waals surface area contributed by atoms with Crippen molar-refractivity contribution in [3.63, 3.8) is 0 Å². The van der Waals surface area contributed by atoms with Crippen molar-refractivity contribution in [1.82, 2.24) is 19.7 Å². The molecule has 4 rings (SSSR count). The van der Waals surface area contributed by atoms with E-state index in [0.717, 1.165) is 28.4 Å². The normalized spacial score (nSPS) is 14.1. The molecule has 3 aromatic rings. The smallest absolute Gasteiger partial charge is 0.311 e. The largest absolute Gasteiger partial charge is 0.416 e. The number of aryl methyl sites for hydroxylation is 2. The van der Waals surface area contributed by atoms with Gasteiger partial charge in [-0.15, -0.1) is 5.10 Å². The second-order valence-corrected chi connectivity index (χ2v) is 5.95. The van der Waals surface area contributed by atoms with Crippen molar-refractivity contribution in [2.45, 2.75) is 19.5 Å². The third-order valence-corrected chi connectivity index (χ3v) is 4.21. The molecule has 0 atom stereocenters. The number of aromatic nitrogens is 4. The van der Waals surface area contributed by atoms with Gasteiger partial charge in [0.05, 0.1) is 11.3 Å². The van der Waals surface area contributed by atoms with Gasteiger partial charge >= 0.3 is 6.18 Å². The van der Waals surface area contributed by atoms with Crippen molar-refractivity contribution in [3.8, 4) is 0 Å². The molecule has 2 aromatic heterocycles. The summed E-state index contributed by atoms with van der Waals surface area (Å²) >= 11 is 0. The molecule has 1 aliphatic rings. The van der Waals surface area contributed by atoms with Crippen LogP contribution in [0.3, 0.4) is 0 Å². The molecule has 0 radical (unpaired) electrons. The monoisotopic (exact) mass is 330 g/mol. The van der Waals surface area contributed by atoms with Crippen LogP contribution < -0.4 is 0 Å². The second kappa shape index (κ2) is 4.90. The molecule has 0 amide bonds. The number of hydrogen-bond donors (Lipinski definition) is 0. The van der Waals surface area contributed by atoms with Gasteiger partial charge < -0.3 is 4.57 Å². The van der Waals surface area contributed by atoms with Crippen LogP contribution in [0.1, 0.15) is 28.2 Å². The van der Waals surface area contributed by atoms with Crippen molar-refractivity contribution in [2.24, 2.45) is 7.05 Å². The summed E-state index contributed by atoms with van der Waals surface area (Å²) < 4.78 is 40.4. The molecule has 0 saturated heterocycles. The molecule has 0 fully saturated rings. The summed E-state index contributed by atoms with van der Waals surface area (Å²) in [4.78, 5) is 4.58. The van der Waals surface area contributed by atoms with E-state index in [0.29, 0.717) is 23.5 Å². The molecule has 1 aliphatic carbocycles. The van der Waals surface area contributed by atoms with E-state index in [4.69, 9.17) is 0 Å². The molecule has 0 aliphatic heterocycles. The van der Waals surface area contributed by atoms with Gasteiger partial charge in [0.1, 0.15) is 11.3 Å². The molecule has 0 bridgehead atoms. The average Bonchev–Trinajstić information content (AvgIpc) is 3.06. The fourth-order valence-corrected chi connectivity index (χ4v) is 3.02. The SMILES string of the molecule is Cc1cc2nc(C3=Cc4cc(C(F)(F)F)ccc4C3)n(C)c2nn1. The number of halogens is 3. The lowest BCUT2D eigenvalue weighted by atomic mass is 10.1. The maximum atomic E-state index is 12.9. The number of imidazole rings is 1. The Morgan fingerprint density at radius 3 is 2.67 bits per heavy atom. The van der Waals surface area contributed by atoms with Gasteiger partial charge in [-0.2, -0.15) is 18.3 Å². The molecule has 24 heavy (non-hydrogen) atoms. The zero-order chi connectivity index (χ0) is 17.1. The Morgan fingerprint density at radius 1 is 1.12 bits per heavy atom. The predicted octanol–water partition coefficient (Wildman–Crippen LogP) is 3.79. The zero-order valence-corrected chi connectivity index (χ0v) is 13.0. The number of hydrogen-bond acceptors (Lipinski definition) is 3. The number of rotatable bonds is 1. The highest BCUT2D eigenvalue weighted by atomic mass is 19.4. The van der Waals surface area contributed by atoms with Crippen LogP contribution in [0.2, 0.25) is 0 Å². The summed E-state index contributed by atoms with van der Waals surface area (Å²) in [5.41, 5.74) is 3.86. The van der Waals surface area contributed by atoms with Gasteiger partial charge in [-0.3, -0.25) is 0 Å². The van der Waals surface area contributed by atoms with Crippen LogP contribution in [-0.4, -0.2) is 19.7 Å². The van der Waals surface area contributed by atoms with E-state index in [1.54, 1.807) is 6.08 Å². The summed E-state index contributed by atoms with van der Waals surface area (Å²) in [6, 6.07) is 5.69. The zero-order valence-electron chi connectivity index (χ0n) is 13.0. The Hall–Kier alpha value is -2.70. The van der Waals surface area contributed by atoms with Crippen LogP contribution >= 0.6 is 0 Å². The lowest BCUT2D eigenvalue weighted by Crippen LogP contribution is -2.05. The highest BCUT2D eigenvalue weighted by Crippen LogP contribution is 2.36. The number of nitrogens with zero attached hydrogens (tertiary/aromatic N) is 4. The van der Waals surface area contributed by atoms with Crippen molar-refractivity contribution in [1.29, 1.82) is 0 Å². The van der Waals surface area contributed by atoms with Gasteiger partial charge in [-0.05, 0) is 42.3 Å². The first-order chi connectivity index (χ1) is 11.3. The highest BCUT2D eigenvalue weighted by molar-refractivity contribution is 5.89. The third-order valence-electron chi connectivity index (χ3n) is 4.21. The van der Waals surface area contributed by atoms with Gasteiger partial charge in [0.2, 0.25) is 0 Å². The van der Waals surface area contributed by atoms with E-state index in [2.05, 4.69) is 15.2 Å². The average molecular weight is 330 g/mol. The molecule has 2 heterocycles. The first kappa shape index (κ1) is 14.9. The van der Waals surface area contributed by atoms with Gasteiger partial charge in [0.15, 0.2) is 5.65 Å². The maximum absolute atomic E-state index is 12.9. The Labute approximate surface area is 135 Å². The lowest BCUT2D eigenvalue weighted by Gasteiger charge is -2.07. The summed E-state index contributed by atoms with van der Waals surface area (Å²) in [5, 5.41) is 8.17. The fourth-order valence-electron chi connectivity index (χ4n) is 3.02. The first-order valence-corrected chi connectivity index (χ1v) is 7.41. The third kappa shape index (κ3) is 2.28. The topological polar surface area (TPSA) is 43.6 Å². The van der Waals surface area contributed by atoms with E-state index in [1.165, 1.54) is 12.1 Å². The quantitative estimate of drug-likeness (QED) is 0.682. The van der Waals surface area contributed by atoms with Crippen molar-refractivity contribution < 1.29 is 13.2 Å². The number of alkyl halides is 3. The molecular weight excluding hydrogens is 317 g/mol. The summed E-state index contributed by atoms with van der Waals surface area (Å²) in [5.74, 6) is 0.703. The van der Waals surface area contributed by atoms with E-state index < -0.39 is 11.7 Å². The number of benzene rings is 1. The minimum absolute atomic E-state index is 0.553. The molecule has 7 heteroatoms. The fraction of sp³-hybridized carbons (Fsp3) is 0.235. The van der Waals surface area contributed by atoms with Gasteiger partial charge in [-0.25, -0.2) is 4.98 Å². The van der Waals surface area contributed by atoms with Gasteiger partial charge in [0.25, 0.3) is 0 Å². The summed E-state index contributed by atoms with van der Waals surface area (Å²) in [6.45, 7) is 1.84. The Bertz CT molecular complexity index is 999. The number of fused-ring (bicyclic) bond motifs is 2. The second-order valence-electron chi connectivity index (χ2n) is 5.95. The van der Waals surface area contributed by atoms with Crippen LogP contribution in [-0.2, 0) is 19.6 Å². The van der Waals surface area contributed by atoms with E-state index >= 15 is 0 Å². The van der Waals surface area contributed by atoms with E-state index in [-0.39, 0.29) is 0 Å². The lowest BCUT2D eigenvalue weighted by molar-refractivity contribution is -0.137. The highest BCUT2D eigenvalue weighted by Gasteiger charge is 2.31. The van der Waals surface area contributed by atoms with Crippen LogP contribution in [0.4, 0.5) is 13.2 Å².